The standard InChI is InChI=1S/C19H22N4O3/c1-2-12-25-16-5-7-17(8-6-16)26-14-18(24)21-10-11-23-19-15(13-20)4-3-9-22-19/h3-9H,2,10-12,14H2,1H3,(H,21,24)(H,22,23). The van der Waals surface area contributed by atoms with Gasteiger partial charge >= 0.3 is 0 Å². The van der Waals surface area contributed by atoms with E-state index >= 15 is 0 Å². The van der Waals surface area contributed by atoms with Gasteiger partial charge in [-0.3, -0.25) is 4.79 Å². The molecule has 1 aromatic carbocycles. The maximum atomic E-state index is 11.8. The molecule has 26 heavy (non-hydrogen) atoms. The minimum atomic E-state index is -0.223. The number of amides is 1. The van der Waals surface area contributed by atoms with Crippen LogP contribution in [0.15, 0.2) is 42.6 Å². The van der Waals surface area contributed by atoms with E-state index in [4.69, 9.17) is 14.7 Å². The molecule has 2 aromatic rings. The lowest BCUT2D eigenvalue weighted by molar-refractivity contribution is -0.123. The van der Waals surface area contributed by atoms with Crippen molar-refractivity contribution < 1.29 is 14.3 Å². The van der Waals surface area contributed by atoms with Crippen LogP contribution >= 0.6 is 0 Å². The third-order valence-corrected chi connectivity index (χ3v) is 3.33. The van der Waals surface area contributed by atoms with Gasteiger partial charge in [0, 0.05) is 19.3 Å². The summed E-state index contributed by atoms with van der Waals surface area (Å²) in [5.74, 6) is 1.67. The van der Waals surface area contributed by atoms with Crippen molar-refractivity contribution in [1.29, 1.82) is 5.26 Å². The average Bonchev–Trinajstić information content (AvgIpc) is 2.69. The number of rotatable bonds is 10. The maximum absolute atomic E-state index is 11.8. The van der Waals surface area contributed by atoms with Gasteiger partial charge in [-0.2, -0.15) is 5.26 Å². The Morgan fingerprint density at radius 1 is 1.15 bits per heavy atom. The molecule has 0 saturated heterocycles. The number of anilines is 1. The van der Waals surface area contributed by atoms with E-state index in [-0.39, 0.29) is 12.5 Å². The van der Waals surface area contributed by atoms with Gasteiger partial charge in [0.25, 0.3) is 5.91 Å². The van der Waals surface area contributed by atoms with Crippen LogP contribution in [-0.2, 0) is 4.79 Å². The Labute approximate surface area is 153 Å². The Kier molecular flexibility index (Phi) is 7.74. The molecule has 0 spiro atoms. The second-order valence-electron chi connectivity index (χ2n) is 5.40. The molecule has 1 aromatic heterocycles. The molecule has 0 aliphatic carbocycles. The quantitative estimate of drug-likeness (QED) is 0.636. The lowest BCUT2D eigenvalue weighted by Crippen LogP contribution is -2.32. The van der Waals surface area contributed by atoms with Crippen molar-refractivity contribution in [2.75, 3.05) is 31.6 Å². The predicted molar refractivity (Wildman–Crippen MR) is 98.2 cm³/mol. The number of carbonyl (C=O) groups excluding carboxylic acids is 1. The van der Waals surface area contributed by atoms with E-state index in [0.29, 0.717) is 36.8 Å². The number of pyridine rings is 1. The molecule has 7 nitrogen and oxygen atoms in total. The fraction of sp³-hybridized carbons (Fsp3) is 0.316. The fourth-order valence-electron chi connectivity index (χ4n) is 2.07. The van der Waals surface area contributed by atoms with Crippen LogP contribution in [0.2, 0.25) is 0 Å². The van der Waals surface area contributed by atoms with Gasteiger partial charge in [-0.25, -0.2) is 4.98 Å². The van der Waals surface area contributed by atoms with Crippen molar-refractivity contribution >= 4 is 11.7 Å². The normalized spacial score (nSPS) is 9.85. The topological polar surface area (TPSA) is 96.3 Å². The maximum Gasteiger partial charge on any atom is 0.258 e. The van der Waals surface area contributed by atoms with Crippen molar-refractivity contribution in [3.8, 4) is 17.6 Å². The molecule has 0 atom stereocenters. The number of nitrogens with one attached hydrogen (secondary N) is 2. The summed E-state index contributed by atoms with van der Waals surface area (Å²) in [6.07, 6.45) is 2.56. The number of hydrogen-bond donors (Lipinski definition) is 2. The molecule has 0 aliphatic rings. The smallest absolute Gasteiger partial charge is 0.258 e. The largest absolute Gasteiger partial charge is 0.494 e. The summed E-state index contributed by atoms with van der Waals surface area (Å²) >= 11 is 0. The number of aromatic nitrogens is 1. The van der Waals surface area contributed by atoms with Gasteiger partial charge in [-0.15, -0.1) is 0 Å². The monoisotopic (exact) mass is 354 g/mol. The first kappa shape index (κ1) is 19.1. The van der Waals surface area contributed by atoms with Crippen LogP contribution in [0, 0.1) is 11.3 Å². The first-order valence-electron chi connectivity index (χ1n) is 8.44. The molecule has 7 heteroatoms. The predicted octanol–water partition coefficient (Wildman–Crippen LogP) is 2.35. The Balaban J connectivity index is 1.65. The van der Waals surface area contributed by atoms with Crippen LogP contribution in [0.4, 0.5) is 5.82 Å². The number of nitriles is 1. The molecular weight excluding hydrogens is 332 g/mol. The highest BCUT2D eigenvalue weighted by Gasteiger charge is 2.04. The molecular formula is C19H22N4O3. The van der Waals surface area contributed by atoms with E-state index in [1.807, 2.05) is 19.1 Å². The summed E-state index contributed by atoms with van der Waals surface area (Å²) < 4.78 is 10.9. The van der Waals surface area contributed by atoms with Crippen LogP contribution in [0.5, 0.6) is 11.5 Å². The molecule has 0 aliphatic heterocycles. The summed E-state index contributed by atoms with van der Waals surface area (Å²) in [5, 5.41) is 14.7. The number of hydrogen-bond acceptors (Lipinski definition) is 6. The van der Waals surface area contributed by atoms with E-state index in [9.17, 15) is 4.79 Å². The molecule has 0 bridgehead atoms. The zero-order chi connectivity index (χ0) is 18.6. The van der Waals surface area contributed by atoms with E-state index in [0.717, 1.165) is 12.2 Å². The third kappa shape index (κ3) is 6.32. The van der Waals surface area contributed by atoms with Crippen molar-refractivity contribution in [3.63, 3.8) is 0 Å². The van der Waals surface area contributed by atoms with Crippen LogP contribution in [-0.4, -0.2) is 37.2 Å². The van der Waals surface area contributed by atoms with Crippen LogP contribution in [0.1, 0.15) is 18.9 Å². The van der Waals surface area contributed by atoms with Gasteiger partial charge in [-0.1, -0.05) is 6.92 Å². The van der Waals surface area contributed by atoms with Crippen molar-refractivity contribution in [2.24, 2.45) is 0 Å². The average molecular weight is 354 g/mol. The van der Waals surface area contributed by atoms with Crippen LogP contribution in [0.3, 0.4) is 0 Å². The van der Waals surface area contributed by atoms with Gasteiger partial charge < -0.3 is 20.1 Å². The number of benzene rings is 1. The zero-order valence-electron chi connectivity index (χ0n) is 14.7. The van der Waals surface area contributed by atoms with Crippen LogP contribution in [0.25, 0.3) is 0 Å². The van der Waals surface area contributed by atoms with Gasteiger partial charge in [0.2, 0.25) is 0 Å². The Morgan fingerprint density at radius 2 is 1.88 bits per heavy atom. The highest BCUT2D eigenvalue weighted by Crippen LogP contribution is 2.17. The molecule has 0 radical (unpaired) electrons. The van der Waals surface area contributed by atoms with Crippen molar-refractivity contribution in [3.05, 3.63) is 48.2 Å². The molecule has 1 amide bonds. The summed E-state index contributed by atoms with van der Waals surface area (Å²) in [5.41, 5.74) is 0.466. The fourth-order valence-corrected chi connectivity index (χ4v) is 2.07. The summed E-state index contributed by atoms with van der Waals surface area (Å²) in [6.45, 7) is 3.51. The summed E-state index contributed by atoms with van der Waals surface area (Å²) in [6, 6.07) is 12.6. The second-order valence-corrected chi connectivity index (χ2v) is 5.40. The first-order chi connectivity index (χ1) is 12.7. The first-order valence-corrected chi connectivity index (χ1v) is 8.44. The molecule has 2 rings (SSSR count). The lowest BCUT2D eigenvalue weighted by atomic mass is 10.3. The molecule has 0 fully saturated rings. The molecule has 0 saturated carbocycles. The Bertz CT molecular complexity index is 741. The van der Waals surface area contributed by atoms with Crippen molar-refractivity contribution in [1.82, 2.24) is 10.3 Å². The Hall–Kier alpha value is -3.27. The molecule has 2 N–H and O–H groups in total. The SMILES string of the molecule is CCCOc1ccc(OCC(=O)NCCNc2ncccc2C#N)cc1. The minimum absolute atomic E-state index is 0.0673. The number of ether oxygens (including phenoxy) is 2. The van der Waals surface area contributed by atoms with E-state index < -0.39 is 0 Å². The molecule has 0 unspecified atom stereocenters. The number of nitrogens with zero attached hydrogens (tertiary/aromatic N) is 2. The molecule has 136 valence electrons. The minimum Gasteiger partial charge on any atom is -0.494 e. The van der Waals surface area contributed by atoms with Crippen LogP contribution < -0.4 is 20.1 Å². The summed E-state index contributed by atoms with van der Waals surface area (Å²) in [4.78, 5) is 15.9. The van der Waals surface area contributed by atoms with Gasteiger partial charge in [0.05, 0.1) is 12.2 Å². The van der Waals surface area contributed by atoms with E-state index in [1.165, 1.54) is 0 Å². The van der Waals surface area contributed by atoms with Crippen molar-refractivity contribution in [2.45, 2.75) is 13.3 Å². The summed E-state index contributed by atoms with van der Waals surface area (Å²) in [7, 11) is 0. The highest BCUT2D eigenvalue weighted by molar-refractivity contribution is 5.77. The lowest BCUT2D eigenvalue weighted by Gasteiger charge is -2.10. The zero-order valence-corrected chi connectivity index (χ0v) is 14.7. The molecule has 1 heterocycles. The van der Waals surface area contributed by atoms with Gasteiger partial charge in [0.15, 0.2) is 6.61 Å². The van der Waals surface area contributed by atoms with Gasteiger partial charge in [0.1, 0.15) is 23.4 Å². The third-order valence-electron chi connectivity index (χ3n) is 3.33. The van der Waals surface area contributed by atoms with Gasteiger partial charge in [-0.05, 0) is 42.8 Å². The van der Waals surface area contributed by atoms with E-state index in [2.05, 4.69) is 21.7 Å². The highest BCUT2D eigenvalue weighted by atomic mass is 16.5. The Morgan fingerprint density at radius 3 is 2.58 bits per heavy atom. The number of carbonyl (C=O) groups is 1. The van der Waals surface area contributed by atoms with E-state index in [1.54, 1.807) is 30.5 Å². The second kappa shape index (κ2) is 10.6.